The smallest absolute Gasteiger partial charge is 0.407 e. The van der Waals surface area contributed by atoms with E-state index < -0.39 is 47.1 Å². The highest BCUT2D eigenvalue weighted by atomic mass is 16.6. The number of aliphatic hydroxyl groups is 3. The van der Waals surface area contributed by atoms with E-state index in [4.69, 9.17) is 25.4 Å². The molecule has 0 aliphatic carbocycles. The van der Waals surface area contributed by atoms with Crippen LogP contribution in [0.15, 0.2) is 60.7 Å². The summed E-state index contributed by atoms with van der Waals surface area (Å²) in [4.78, 5) is 45.2. The molecule has 0 spiro atoms. The number of rotatable bonds is 12. The molecular weight excluding hydrogens is 624 g/mol. The Morgan fingerprint density at radius 3 is 1.75 bits per heavy atom. The zero-order valence-corrected chi connectivity index (χ0v) is 28.6. The van der Waals surface area contributed by atoms with Crippen molar-refractivity contribution in [2.45, 2.75) is 79.0 Å². The van der Waals surface area contributed by atoms with Gasteiger partial charge in [-0.1, -0.05) is 88.4 Å². The van der Waals surface area contributed by atoms with Crippen LogP contribution in [0, 0.1) is 10.8 Å². The first-order valence-corrected chi connectivity index (χ1v) is 15.6. The van der Waals surface area contributed by atoms with Crippen LogP contribution in [0.1, 0.15) is 52.7 Å². The summed E-state index contributed by atoms with van der Waals surface area (Å²) in [5.74, 6) is -1.10. The molecule has 1 aliphatic heterocycles. The first kappa shape index (κ1) is 41.8. The molecule has 3 amide bonds. The van der Waals surface area contributed by atoms with E-state index in [-0.39, 0.29) is 38.4 Å². The second kappa shape index (κ2) is 20.9. The Hall–Kier alpha value is -4.24. The summed E-state index contributed by atoms with van der Waals surface area (Å²) in [5.41, 5.74) is 5.87. The molecule has 3 rings (SSSR count). The number of amides is 3. The van der Waals surface area contributed by atoms with Gasteiger partial charge < -0.3 is 51.2 Å². The normalized spacial score (nSPS) is 16.6. The predicted octanol–water partition coefficient (Wildman–Crippen LogP) is 1.99. The van der Waals surface area contributed by atoms with Gasteiger partial charge in [-0.2, -0.15) is 0 Å². The Balaban J connectivity index is 0.000000404. The van der Waals surface area contributed by atoms with Crippen LogP contribution in [0.2, 0.25) is 0 Å². The molecular formula is C34H52N4O10. The highest BCUT2D eigenvalue weighted by molar-refractivity contribution is 5.81. The number of nitrogens with two attached hydrogens (primary N) is 1. The van der Waals surface area contributed by atoms with Gasteiger partial charge in [0.15, 0.2) is 6.10 Å². The third kappa shape index (κ3) is 16.0. The van der Waals surface area contributed by atoms with E-state index in [0.717, 1.165) is 11.1 Å². The van der Waals surface area contributed by atoms with Crippen molar-refractivity contribution < 1.29 is 48.7 Å². The van der Waals surface area contributed by atoms with Crippen molar-refractivity contribution in [3.05, 3.63) is 71.8 Å². The fourth-order valence-electron chi connectivity index (χ4n) is 3.57. The molecule has 4 atom stereocenters. The van der Waals surface area contributed by atoms with Gasteiger partial charge in [0.1, 0.15) is 19.3 Å². The van der Waals surface area contributed by atoms with Crippen LogP contribution in [0.3, 0.4) is 0 Å². The molecule has 48 heavy (non-hydrogen) atoms. The number of cyclic esters (lactones) is 1. The molecule has 0 bridgehead atoms. The number of benzene rings is 2. The molecule has 14 heteroatoms. The summed E-state index contributed by atoms with van der Waals surface area (Å²) >= 11 is 0. The van der Waals surface area contributed by atoms with Crippen molar-refractivity contribution in [2.24, 2.45) is 16.6 Å². The Morgan fingerprint density at radius 1 is 0.938 bits per heavy atom. The van der Waals surface area contributed by atoms with Crippen LogP contribution < -0.4 is 21.7 Å². The third-order valence-corrected chi connectivity index (χ3v) is 7.04. The first-order chi connectivity index (χ1) is 22.5. The molecule has 2 aromatic carbocycles. The standard InChI is InChI=1S/C17H26N2O5.C11H16N2O2.C6H10O3/c1-12(9-18-15(22)14(21)17(2,3)11-20)19-16(23)24-10-13-7-5-4-6-8-13;1-9(7-12)13-11(14)15-8-10-5-3-2-4-6-10;1-6(2)3-9-5(8)4(6)7/h4-8,12,14,20-21H,9-11H2,1-3H3,(H,18,22)(H,19,23);2-6,9H,7-8,12H2,1H3,(H,13,14);4,7H,3H2,1-2H3/t12-,14-;9-;4-/m111/s1. The van der Waals surface area contributed by atoms with Crippen LogP contribution in [-0.4, -0.2) is 90.0 Å². The molecule has 0 radical (unpaired) electrons. The van der Waals surface area contributed by atoms with Crippen molar-refractivity contribution in [2.75, 3.05) is 26.3 Å². The molecule has 0 saturated carbocycles. The van der Waals surface area contributed by atoms with Crippen molar-refractivity contribution in [3.63, 3.8) is 0 Å². The number of carbonyl (C=O) groups excluding carboxylic acids is 4. The lowest BCUT2D eigenvalue weighted by atomic mass is 9.87. The van der Waals surface area contributed by atoms with Crippen molar-refractivity contribution in [1.29, 1.82) is 0 Å². The molecule has 0 aromatic heterocycles. The summed E-state index contributed by atoms with van der Waals surface area (Å²) in [6.45, 7) is 11.3. The highest BCUT2D eigenvalue weighted by Gasteiger charge is 2.42. The lowest BCUT2D eigenvalue weighted by Gasteiger charge is -2.27. The Labute approximate surface area is 282 Å². The monoisotopic (exact) mass is 676 g/mol. The molecule has 14 nitrogen and oxygen atoms in total. The number of carbonyl (C=O) groups is 4. The Morgan fingerprint density at radius 2 is 1.40 bits per heavy atom. The molecule has 1 heterocycles. The minimum absolute atomic E-state index is 0.0618. The quantitative estimate of drug-likeness (QED) is 0.127. The topological polar surface area (TPSA) is 219 Å². The summed E-state index contributed by atoms with van der Waals surface area (Å²) < 4.78 is 14.7. The minimum atomic E-state index is -1.33. The largest absolute Gasteiger partial charge is 0.463 e. The van der Waals surface area contributed by atoms with Gasteiger partial charge in [0.2, 0.25) is 5.91 Å². The molecule has 2 aromatic rings. The van der Waals surface area contributed by atoms with E-state index in [1.54, 1.807) is 34.6 Å². The SMILES string of the molecule is CC1(C)COC(=O)[C@H]1O.C[C@H](CN)NC(=O)OCc1ccccc1.C[C@H](CNC(=O)[C@@H](O)C(C)(C)CO)NC(=O)OCc1ccccc1. The number of hydrogen-bond donors (Lipinski definition) is 7. The van der Waals surface area contributed by atoms with Gasteiger partial charge in [0.05, 0.1) is 13.2 Å². The number of aliphatic hydroxyl groups excluding tert-OH is 3. The van der Waals surface area contributed by atoms with Crippen LogP contribution in [0.4, 0.5) is 9.59 Å². The number of hydrogen-bond acceptors (Lipinski definition) is 11. The number of alkyl carbamates (subject to hydrolysis) is 2. The van der Waals surface area contributed by atoms with Crippen molar-refractivity contribution >= 4 is 24.1 Å². The van der Waals surface area contributed by atoms with Crippen molar-refractivity contribution in [1.82, 2.24) is 16.0 Å². The van der Waals surface area contributed by atoms with Crippen molar-refractivity contribution in [3.8, 4) is 0 Å². The lowest BCUT2D eigenvalue weighted by molar-refractivity contribution is -0.145. The molecule has 0 unspecified atom stereocenters. The lowest BCUT2D eigenvalue weighted by Crippen LogP contribution is -2.49. The molecule has 268 valence electrons. The summed E-state index contributed by atoms with van der Waals surface area (Å²) in [6.07, 6.45) is -3.29. The second-order valence-electron chi connectivity index (χ2n) is 12.7. The van der Waals surface area contributed by atoms with Gasteiger partial charge in [0.25, 0.3) is 0 Å². The molecule has 1 aliphatic rings. The average molecular weight is 677 g/mol. The number of ether oxygens (including phenoxy) is 3. The third-order valence-electron chi connectivity index (χ3n) is 7.04. The molecule has 8 N–H and O–H groups in total. The molecule has 1 fully saturated rings. The highest BCUT2D eigenvalue weighted by Crippen LogP contribution is 2.27. The Kier molecular flexibility index (Phi) is 18.2. The van der Waals surface area contributed by atoms with E-state index in [9.17, 15) is 24.3 Å². The number of esters is 1. The van der Waals surface area contributed by atoms with Crippen LogP contribution in [0.5, 0.6) is 0 Å². The van der Waals surface area contributed by atoms with Gasteiger partial charge in [-0.3, -0.25) is 4.79 Å². The fraction of sp³-hybridized carbons (Fsp3) is 0.529. The fourth-order valence-corrected chi connectivity index (χ4v) is 3.57. The number of nitrogens with one attached hydrogen (secondary N) is 3. The minimum Gasteiger partial charge on any atom is -0.463 e. The molecule has 1 saturated heterocycles. The van der Waals surface area contributed by atoms with Gasteiger partial charge in [-0.25, -0.2) is 14.4 Å². The van der Waals surface area contributed by atoms with E-state index in [1.165, 1.54) is 0 Å². The van der Waals surface area contributed by atoms with Gasteiger partial charge in [-0.15, -0.1) is 0 Å². The van der Waals surface area contributed by atoms with Gasteiger partial charge >= 0.3 is 18.2 Å². The predicted molar refractivity (Wildman–Crippen MR) is 178 cm³/mol. The zero-order chi connectivity index (χ0) is 36.3. The summed E-state index contributed by atoms with van der Waals surface area (Å²) in [7, 11) is 0. The Bertz CT molecular complexity index is 1260. The summed E-state index contributed by atoms with van der Waals surface area (Å²) in [6, 6.07) is 18.4. The first-order valence-electron chi connectivity index (χ1n) is 15.6. The van der Waals surface area contributed by atoms with E-state index in [2.05, 4.69) is 20.7 Å². The second-order valence-corrected chi connectivity index (χ2v) is 12.7. The van der Waals surface area contributed by atoms with E-state index in [1.807, 2.05) is 67.6 Å². The van der Waals surface area contributed by atoms with Crippen LogP contribution >= 0.6 is 0 Å². The maximum Gasteiger partial charge on any atom is 0.407 e. The summed E-state index contributed by atoms with van der Waals surface area (Å²) in [5, 5.41) is 35.8. The maximum atomic E-state index is 11.8. The van der Waals surface area contributed by atoms with Crippen LogP contribution in [0.25, 0.3) is 0 Å². The van der Waals surface area contributed by atoms with Crippen LogP contribution in [-0.2, 0) is 37.0 Å². The van der Waals surface area contributed by atoms with E-state index in [0.29, 0.717) is 13.2 Å². The average Bonchev–Trinajstić information content (AvgIpc) is 3.31. The zero-order valence-electron chi connectivity index (χ0n) is 28.6. The van der Waals surface area contributed by atoms with Gasteiger partial charge in [-0.05, 0) is 25.0 Å². The van der Waals surface area contributed by atoms with E-state index >= 15 is 0 Å². The maximum absolute atomic E-state index is 11.8. The van der Waals surface area contributed by atoms with Gasteiger partial charge in [0, 0.05) is 36.0 Å².